The Balaban J connectivity index is 2.00. The van der Waals surface area contributed by atoms with Crippen LogP contribution in [0.1, 0.15) is 51.9 Å². The first kappa shape index (κ1) is 9.51. The van der Waals surface area contributed by atoms with Gasteiger partial charge in [-0.3, -0.25) is 0 Å². The lowest BCUT2D eigenvalue weighted by Crippen LogP contribution is -2.38. The van der Waals surface area contributed by atoms with Gasteiger partial charge >= 0.3 is 0 Å². The Morgan fingerprint density at radius 3 is 2.00 bits per heavy atom. The van der Waals surface area contributed by atoms with E-state index >= 15 is 0 Å². The molecule has 0 amide bonds. The molecule has 2 fully saturated rings. The molecule has 1 atom stereocenters. The van der Waals surface area contributed by atoms with E-state index in [9.17, 15) is 0 Å². The van der Waals surface area contributed by atoms with E-state index in [2.05, 4.69) is 6.92 Å². The summed E-state index contributed by atoms with van der Waals surface area (Å²) in [5.74, 6) is 1.92. The molecule has 1 nitrogen and oxygen atoms in total. The SMILES string of the molecule is CC(CN)(C1CCCCC1)C1CC1. The van der Waals surface area contributed by atoms with Crippen LogP contribution in [-0.2, 0) is 0 Å². The first-order chi connectivity index (χ1) is 6.27. The minimum Gasteiger partial charge on any atom is -0.330 e. The van der Waals surface area contributed by atoms with Crippen molar-refractivity contribution in [2.24, 2.45) is 23.0 Å². The molecule has 2 rings (SSSR count). The fraction of sp³-hybridized carbons (Fsp3) is 1.00. The maximum absolute atomic E-state index is 5.98. The van der Waals surface area contributed by atoms with Crippen molar-refractivity contribution in [1.82, 2.24) is 0 Å². The molecule has 0 saturated heterocycles. The topological polar surface area (TPSA) is 26.0 Å². The molecule has 0 aromatic heterocycles. The number of hydrogen-bond acceptors (Lipinski definition) is 1. The van der Waals surface area contributed by atoms with Gasteiger partial charge in [-0.1, -0.05) is 26.2 Å². The van der Waals surface area contributed by atoms with Gasteiger partial charge in [0.15, 0.2) is 0 Å². The maximum Gasteiger partial charge on any atom is -0.00179 e. The summed E-state index contributed by atoms with van der Waals surface area (Å²) in [5.41, 5.74) is 6.48. The second-order valence-corrected chi connectivity index (χ2v) is 5.32. The summed E-state index contributed by atoms with van der Waals surface area (Å²) < 4.78 is 0. The van der Waals surface area contributed by atoms with Crippen LogP contribution in [-0.4, -0.2) is 6.54 Å². The van der Waals surface area contributed by atoms with Crippen molar-refractivity contribution in [2.45, 2.75) is 51.9 Å². The summed E-state index contributed by atoms with van der Waals surface area (Å²) in [4.78, 5) is 0. The predicted molar refractivity (Wildman–Crippen MR) is 56.5 cm³/mol. The Kier molecular flexibility index (Phi) is 2.64. The van der Waals surface area contributed by atoms with Crippen molar-refractivity contribution < 1.29 is 0 Å². The van der Waals surface area contributed by atoms with Gasteiger partial charge in [-0.15, -0.1) is 0 Å². The molecule has 76 valence electrons. The monoisotopic (exact) mass is 181 g/mol. The Hall–Kier alpha value is -0.0400. The van der Waals surface area contributed by atoms with E-state index in [0.717, 1.165) is 18.4 Å². The van der Waals surface area contributed by atoms with E-state index in [1.54, 1.807) is 0 Å². The fourth-order valence-electron chi connectivity index (χ4n) is 3.17. The van der Waals surface area contributed by atoms with E-state index in [1.807, 2.05) is 0 Å². The van der Waals surface area contributed by atoms with E-state index in [4.69, 9.17) is 5.73 Å². The van der Waals surface area contributed by atoms with Crippen LogP contribution in [0.25, 0.3) is 0 Å². The lowest BCUT2D eigenvalue weighted by molar-refractivity contribution is 0.118. The molecule has 0 aromatic rings. The average Bonchev–Trinajstić information content (AvgIpc) is 3.02. The smallest absolute Gasteiger partial charge is 0.00179 e. The molecule has 13 heavy (non-hydrogen) atoms. The zero-order chi connectivity index (χ0) is 9.31. The zero-order valence-electron chi connectivity index (χ0n) is 8.89. The highest BCUT2D eigenvalue weighted by Gasteiger charge is 2.45. The first-order valence-corrected chi connectivity index (χ1v) is 5.97. The third-order valence-electron chi connectivity index (χ3n) is 4.49. The van der Waals surface area contributed by atoms with Gasteiger partial charge in [0.25, 0.3) is 0 Å². The lowest BCUT2D eigenvalue weighted by Gasteiger charge is -2.39. The predicted octanol–water partition coefficient (Wildman–Crippen LogP) is 2.94. The highest BCUT2D eigenvalue weighted by atomic mass is 14.6. The molecule has 0 bridgehead atoms. The van der Waals surface area contributed by atoms with Crippen LogP contribution >= 0.6 is 0 Å². The highest BCUT2D eigenvalue weighted by Crippen LogP contribution is 2.52. The van der Waals surface area contributed by atoms with Crippen molar-refractivity contribution in [2.75, 3.05) is 6.54 Å². The van der Waals surface area contributed by atoms with E-state index in [1.165, 1.54) is 44.9 Å². The van der Waals surface area contributed by atoms with Crippen molar-refractivity contribution in [3.8, 4) is 0 Å². The molecule has 2 aliphatic rings. The second-order valence-electron chi connectivity index (χ2n) is 5.32. The van der Waals surface area contributed by atoms with Crippen LogP contribution in [0.3, 0.4) is 0 Å². The van der Waals surface area contributed by atoms with E-state index in [-0.39, 0.29) is 0 Å². The second kappa shape index (κ2) is 3.61. The van der Waals surface area contributed by atoms with Gasteiger partial charge in [0.2, 0.25) is 0 Å². The molecule has 2 N–H and O–H groups in total. The van der Waals surface area contributed by atoms with Gasteiger partial charge in [0, 0.05) is 0 Å². The van der Waals surface area contributed by atoms with Crippen molar-refractivity contribution in [1.29, 1.82) is 0 Å². The van der Waals surface area contributed by atoms with E-state index < -0.39 is 0 Å². The van der Waals surface area contributed by atoms with Crippen molar-refractivity contribution in [3.63, 3.8) is 0 Å². The zero-order valence-corrected chi connectivity index (χ0v) is 8.89. The molecule has 1 unspecified atom stereocenters. The number of hydrogen-bond donors (Lipinski definition) is 1. The molecule has 1 heteroatoms. The van der Waals surface area contributed by atoms with Crippen molar-refractivity contribution in [3.05, 3.63) is 0 Å². The van der Waals surface area contributed by atoms with Gasteiger partial charge < -0.3 is 5.73 Å². The molecule has 0 heterocycles. The van der Waals surface area contributed by atoms with Crippen LogP contribution in [0, 0.1) is 17.3 Å². The molecule has 0 aromatic carbocycles. The molecule has 0 aliphatic heterocycles. The molecular weight excluding hydrogens is 158 g/mol. The van der Waals surface area contributed by atoms with Gasteiger partial charge in [-0.05, 0) is 49.5 Å². The fourth-order valence-corrected chi connectivity index (χ4v) is 3.17. The Labute approximate surface area is 82.1 Å². The van der Waals surface area contributed by atoms with Crippen LogP contribution in [0.2, 0.25) is 0 Å². The number of rotatable bonds is 3. The van der Waals surface area contributed by atoms with Crippen LogP contribution in [0.5, 0.6) is 0 Å². The summed E-state index contributed by atoms with van der Waals surface area (Å²) in [7, 11) is 0. The largest absolute Gasteiger partial charge is 0.330 e. The Morgan fingerprint density at radius 2 is 1.54 bits per heavy atom. The summed E-state index contributed by atoms with van der Waals surface area (Å²) in [6.07, 6.45) is 10.2. The molecular formula is C12H23N. The van der Waals surface area contributed by atoms with Crippen LogP contribution < -0.4 is 5.73 Å². The third-order valence-corrected chi connectivity index (χ3v) is 4.49. The third kappa shape index (κ3) is 1.76. The average molecular weight is 181 g/mol. The Morgan fingerprint density at radius 1 is 1.00 bits per heavy atom. The van der Waals surface area contributed by atoms with Gasteiger partial charge in [-0.2, -0.15) is 0 Å². The lowest BCUT2D eigenvalue weighted by atomic mass is 9.67. The minimum absolute atomic E-state index is 0.500. The van der Waals surface area contributed by atoms with Crippen LogP contribution in [0.4, 0.5) is 0 Å². The van der Waals surface area contributed by atoms with Gasteiger partial charge in [-0.25, -0.2) is 0 Å². The standard InChI is InChI=1S/C12H23N/c1-12(9-13,11-7-8-11)10-5-3-2-4-6-10/h10-11H,2-9,13H2,1H3. The normalized spacial score (nSPS) is 30.0. The Bertz CT molecular complexity index is 168. The summed E-state index contributed by atoms with van der Waals surface area (Å²) in [5, 5.41) is 0. The first-order valence-electron chi connectivity index (χ1n) is 5.97. The number of nitrogens with two attached hydrogens (primary N) is 1. The molecule has 2 saturated carbocycles. The maximum atomic E-state index is 5.98. The van der Waals surface area contributed by atoms with Crippen LogP contribution in [0.15, 0.2) is 0 Å². The van der Waals surface area contributed by atoms with Gasteiger partial charge in [0.05, 0.1) is 0 Å². The molecule has 0 spiro atoms. The van der Waals surface area contributed by atoms with E-state index in [0.29, 0.717) is 5.41 Å². The summed E-state index contributed by atoms with van der Waals surface area (Å²) in [6, 6.07) is 0. The minimum atomic E-state index is 0.500. The quantitative estimate of drug-likeness (QED) is 0.711. The summed E-state index contributed by atoms with van der Waals surface area (Å²) >= 11 is 0. The van der Waals surface area contributed by atoms with Crippen molar-refractivity contribution >= 4 is 0 Å². The summed E-state index contributed by atoms with van der Waals surface area (Å²) in [6.45, 7) is 3.36. The molecule has 2 aliphatic carbocycles. The molecule has 0 radical (unpaired) electrons. The highest BCUT2D eigenvalue weighted by molar-refractivity contribution is 4.96. The van der Waals surface area contributed by atoms with Gasteiger partial charge in [0.1, 0.15) is 0 Å².